The summed E-state index contributed by atoms with van der Waals surface area (Å²) in [5.41, 5.74) is 2.60. The average Bonchev–Trinajstić information content (AvgIpc) is 3.06. The number of aliphatic hydroxyl groups excluding tert-OH is 1. The number of hydrogen-bond acceptors (Lipinski definition) is 1. The molecule has 0 aromatic rings. The molecule has 0 amide bonds. The summed E-state index contributed by atoms with van der Waals surface area (Å²) in [6.07, 6.45) is 15.9. The number of alkyl halides is 2. The van der Waals surface area contributed by atoms with Gasteiger partial charge in [-0.1, -0.05) is 0 Å². The number of allylic oxidation sites excluding steroid dienone is 1. The van der Waals surface area contributed by atoms with Crippen LogP contribution < -0.4 is 21.2 Å². The zero-order valence-electron chi connectivity index (χ0n) is 20.6. The van der Waals surface area contributed by atoms with Gasteiger partial charge in [0.1, 0.15) is 0 Å². The van der Waals surface area contributed by atoms with E-state index in [0.717, 1.165) is 52.3 Å². The zero-order chi connectivity index (χ0) is 21.7. The molecule has 4 aliphatic carbocycles. The number of aliphatic hydroxyl groups is 1. The topological polar surface area (TPSA) is 20.2 Å². The molecule has 0 radical (unpaired) electrons. The van der Waals surface area contributed by atoms with Crippen LogP contribution in [0.3, 0.4) is 0 Å². The Kier molecular flexibility index (Phi) is 7.07. The Morgan fingerprint density at radius 3 is 2.50 bits per heavy atom. The second-order valence-corrected chi connectivity index (χ2v) is 15.3. The molecule has 0 bridgehead atoms. The number of rotatable bonds is 6. The molecule has 30 heavy (non-hydrogen) atoms. The predicted molar refractivity (Wildman–Crippen MR) is 124 cm³/mol. The van der Waals surface area contributed by atoms with Crippen molar-refractivity contribution in [1.82, 2.24) is 0 Å². The van der Waals surface area contributed by atoms with E-state index in [1.165, 1.54) is 51.4 Å². The second-order valence-electron chi connectivity index (χ2n) is 12.4. The SMILES string of the molecule is C[I-][C@H](CC[C@@H](C)[C@H]1CC[C@H]2[C@@H]3CC=C4C[C@@H](O)CC[C@]4(C)[C@H]3CC[C@]12C)C(C)C. The summed E-state index contributed by atoms with van der Waals surface area (Å²) in [6, 6.07) is 0. The van der Waals surface area contributed by atoms with Crippen molar-refractivity contribution in [3.05, 3.63) is 11.6 Å². The van der Waals surface area contributed by atoms with E-state index in [-0.39, 0.29) is 6.10 Å². The predicted octanol–water partition coefficient (Wildman–Crippen LogP) is 4.09. The van der Waals surface area contributed by atoms with E-state index in [0.29, 0.717) is 32.0 Å². The van der Waals surface area contributed by atoms with Crippen LogP contribution in [0.1, 0.15) is 98.8 Å². The third-order valence-corrected chi connectivity index (χ3v) is 14.4. The Morgan fingerprint density at radius 1 is 1.03 bits per heavy atom. The molecular weight excluding hydrogens is 479 g/mol. The van der Waals surface area contributed by atoms with Gasteiger partial charge < -0.3 is 5.11 Å². The van der Waals surface area contributed by atoms with Crippen LogP contribution in [-0.4, -0.2) is 20.1 Å². The minimum absolute atomic E-state index is 0.0772. The van der Waals surface area contributed by atoms with Crippen molar-refractivity contribution < 1.29 is 26.3 Å². The molecule has 0 saturated heterocycles. The van der Waals surface area contributed by atoms with Crippen LogP contribution in [0.2, 0.25) is 0 Å². The Balaban J connectivity index is 1.47. The normalized spacial score (nSPS) is 45.5. The van der Waals surface area contributed by atoms with Crippen molar-refractivity contribution in [2.24, 2.45) is 46.3 Å². The van der Waals surface area contributed by atoms with Crippen molar-refractivity contribution in [2.75, 3.05) is 4.93 Å². The third kappa shape index (κ3) is 3.97. The van der Waals surface area contributed by atoms with Gasteiger partial charge in [0.2, 0.25) is 0 Å². The summed E-state index contributed by atoms with van der Waals surface area (Å²) in [4.78, 5) is 2.50. The van der Waals surface area contributed by atoms with Gasteiger partial charge in [-0.3, -0.25) is 0 Å². The second kappa shape index (κ2) is 8.99. The van der Waals surface area contributed by atoms with Gasteiger partial charge in [0.25, 0.3) is 0 Å². The maximum atomic E-state index is 10.2. The van der Waals surface area contributed by atoms with Crippen molar-refractivity contribution in [2.45, 2.75) is 109 Å². The quantitative estimate of drug-likeness (QED) is 0.314. The number of halogens is 1. The number of fused-ring (bicyclic) bond motifs is 5. The van der Waals surface area contributed by atoms with Crippen LogP contribution in [0, 0.1) is 46.3 Å². The van der Waals surface area contributed by atoms with Crippen LogP contribution >= 0.6 is 0 Å². The molecule has 2 heteroatoms. The molecule has 0 aromatic carbocycles. The van der Waals surface area contributed by atoms with E-state index < -0.39 is 0 Å². The molecular formula is C28H48IO-. The van der Waals surface area contributed by atoms with E-state index >= 15 is 0 Å². The molecule has 1 nitrogen and oxygen atoms in total. The summed E-state index contributed by atoms with van der Waals surface area (Å²) >= 11 is 0.375. The molecule has 3 fully saturated rings. The van der Waals surface area contributed by atoms with Crippen LogP contribution in [-0.2, 0) is 0 Å². The molecule has 0 heterocycles. The molecule has 4 rings (SSSR count). The monoisotopic (exact) mass is 527 g/mol. The van der Waals surface area contributed by atoms with Crippen LogP contribution in [0.5, 0.6) is 0 Å². The fourth-order valence-corrected chi connectivity index (χ4v) is 11.4. The molecule has 174 valence electrons. The van der Waals surface area contributed by atoms with Gasteiger partial charge in [0.15, 0.2) is 0 Å². The fraction of sp³-hybridized carbons (Fsp3) is 0.929. The van der Waals surface area contributed by atoms with E-state index in [2.05, 4.69) is 45.6 Å². The van der Waals surface area contributed by atoms with Crippen molar-refractivity contribution in [3.63, 3.8) is 0 Å². The first-order valence-corrected chi connectivity index (χ1v) is 16.5. The van der Waals surface area contributed by atoms with Crippen molar-refractivity contribution in [1.29, 1.82) is 0 Å². The summed E-state index contributed by atoms with van der Waals surface area (Å²) < 4.78 is 1.02. The standard InChI is InChI=1S/C28H48IO/c1-18(2)26(29-6)12-7-19(3)23-10-11-24-22-9-8-20-17-21(30)13-15-27(20,4)25(22)14-16-28(23,24)5/h8,18-19,21-26,30H,7,9-17H2,1-6H3/q-1/t19-,21+,22+,23-,24+,25+,26-,27+,28-/m1/s1. The summed E-state index contributed by atoms with van der Waals surface area (Å²) in [7, 11) is 0. The molecule has 4 aliphatic rings. The summed E-state index contributed by atoms with van der Waals surface area (Å²) in [5.74, 6) is 5.49. The molecule has 1 N–H and O–H groups in total. The Morgan fingerprint density at radius 2 is 1.80 bits per heavy atom. The van der Waals surface area contributed by atoms with E-state index in [1.54, 1.807) is 5.57 Å². The first-order chi connectivity index (χ1) is 14.2. The van der Waals surface area contributed by atoms with Crippen molar-refractivity contribution >= 4 is 0 Å². The number of hydrogen-bond donors (Lipinski definition) is 1. The molecule has 0 unspecified atom stereocenters. The maximum absolute atomic E-state index is 10.2. The first kappa shape index (κ1) is 23.6. The molecule has 0 aliphatic heterocycles. The first-order valence-electron chi connectivity index (χ1n) is 13.1. The van der Waals surface area contributed by atoms with Crippen LogP contribution in [0.15, 0.2) is 11.6 Å². The van der Waals surface area contributed by atoms with Gasteiger partial charge in [0.05, 0.1) is 6.10 Å². The van der Waals surface area contributed by atoms with Gasteiger partial charge >= 0.3 is 187 Å². The van der Waals surface area contributed by atoms with Gasteiger partial charge in [0, 0.05) is 0 Å². The fourth-order valence-electron chi connectivity index (χ4n) is 8.93. The summed E-state index contributed by atoms with van der Waals surface area (Å²) in [6.45, 7) is 12.8. The molecule has 3 saturated carbocycles. The van der Waals surface area contributed by atoms with Crippen LogP contribution in [0.4, 0.5) is 0 Å². The van der Waals surface area contributed by atoms with Gasteiger partial charge in [-0.15, -0.1) is 0 Å². The van der Waals surface area contributed by atoms with Gasteiger partial charge in [-0.2, -0.15) is 0 Å². The Hall–Kier alpha value is 0.430. The van der Waals surface area contributed by atoms with E-state index in [1.807, 2.05) is 0 Å². The van der Waals surface area contributed by atoms with Crippen LogP contribution in [0.25, 0.3) is 0 Å². The average molecular weight is 528 g/mol. The van der Waals surface area contributed by atoms with E-state index in [4.69, 9.17) is 0 Å². The van der Waals surface area contributed by atoms with Crippen molar-refractivity contribution in [3.8, 4) is 0 Å². The zero-order valence-corrected chi connectivity index (χ0v) is 22.7. The Bertz CT molecular complexity index is 641. The molecule has 0 spiro atoms. The third-order valence-electron chi connectivity index (χ3n) is 10.7. The summed E-state index contributed by atoms with van der Waals surface area (Å²) in [5, 5.41) is 10.2. The Labute approximate surface area is 197 Å². The van der Waals surface area contributed by atoms with Gasteiger partial charge in [-0.25, -0.2) is 0 Å². The molecule has 9 atom stereocenters. The van der Waals surface area contributed by atoms with Gasteiger partial charge in [-0.05, 0) is 0 Å². The van der Waals surface area contributed by atoms with E-state index in [9.17, 15) is 5.11 Å². The molecule has 0 aromatic heterocycles. The minimum atomic E-state index is -0.0772.